The first-order valence-electron chi connectivity index (χ1n) is 6.94. The number of amides is 1. The highest BCUT2D eigenvalue weighted by atomic mass is 35.5. The second-order valence-corrected chi connectivity index (χ2v) is 5.42. The molecule has 1 aliphatic heterocycles. The molecule has 1 atom stereocenters. The van der Waals surface area contributed by atoms with Crippen molar-refractivity contribution in [2.45, 2.75) is 31.5 Å². The lowest BCUT2D eigenvalue weighted by Gasteiger charge is -2.17. The second kappa shape index (κ2) is 7.17. The number of aromatic nitrogens is 1. The first kappa shape index (κ1) is 16.9. The smallest absolute Gasteiger partial charge is 0.416 e. The molecule has 0 radical (unpaired) electrons. The molecule has 0 N–H and O–H groups in total. The second-order valence-electron chi connectivity index (χ2n) is 5.04. The van der Waals surface area contributed by atoms with Crippen molar-refractivity contribution in [1.82, 2.24) is 9.88 Å². The number of rotatable bonds is 5. The van der Waals surface area contributed by atoms with E-state index in [-0.39, 0.29) is 17.9 Å². The molecule has 0 aromatic carbocycles. The SMILES string of the molecule is O=C(CCCCl)N1CCC(Oc2cc(C(F)(F)F)ccn2)C1. The van der Waals surface area contributed by atoms with E-state index in [0.29, 0.717) is 38.2 Å². The Morgan fingerprint density at radius 2 is 2.27 bits per heavy atom. The van der Waals surface area contributed by atoms with E-state index in [2.05, 4.69) is 4.98 Å². The van der Waals surface area contributed by atoms with Gasteiger partial charge in [0.15, 0.2) is 0 Å². The van der Waals surface area contributed by atoms with Gasteiger partial charge < -0.3 is 9.64 Å². The fourth-order valence-electron chi connectivity index (χ4n) is 2.25. The molecule has 22 heavy (non-hydrogen) atoms. The number of likely N-dealkylation sites (tertiary alicyclic amines) is 1. The van der Waals surface area contributed by atoms with E-state index in [1.54, 1.807) is 4.90 Å². The molecule has 1 amide bonds. The molecule has 2 heterocycles. The van der Waals surface area contributed by atoms with Crippen LogP contribution in [0.3, 0.4) is 0 Å². The summed E-state index contributed by atoms with van der Waals surface area (Å²) < 4.78 is 43.3. The van der Waals surface area contributed by atoms with Crippen molar-refractivity contribution in [3.8, 4) is 5.88 Å². The fraction of sp³-hybridized carbons (Fsp3) is 0.571. The van der Waals surface area contributed by atoms with Gasteiger partial charge in [-0.2, -0.15) is 13.2 Å². The van der Waals surface area contributed by atoms with Crippen molar-refractivity contribution in [3.63, 3.8) is 0 Å². The lowest BCUT2D eigenvalue weighted by molar-refractivity contribution is -0.137. The Kier molecular flexibility index (Phi) is 5.50. The zero-order valence-corrected chi connectivity index (χ0v) is 12.5. The zero-order chi connectivity index (χ0) is 16.2. The van der Waals surface area contributed by atoms with Crippen molar-refractivity contribution >= 4 is 17.5 Å². The molecule has 0 spiro atoms. The molecule has 1 aromatic rings. The Balaban J connectivity index is 1.92. The first-order valence-corrected chi connectivity index (χ1v) is 7.47. The summed E-state index contributed by atoms with van der Waals surface area (Å²) in [5.74, 6) is 0.340. The molecule has 4 nitrogen and oxygen atoms in total. The Hall–Kier alpha value is -1.50. The number of nitrogens with zero attached hydrogens (tertiary/aromatic N) is 2. The quantitative estimate of drug-likeness (QED) is 0.776. The van der Waals surface area contributed by atoms with E-state index >= 15 is 0 Å². The maximum atomic E-state index is 12.6. The normalized spacial score (nSPS) is 18.5. The van der Waals surface area contributed by atoms with Gasteiger partial charge in [-0.05, 0) is 12.5 Å². The number of alkyl halides is 4. The first-order chi connectivity index (χ1) is 10.4. The molecule has 122 valence electrons. The maximum Gasteiger partial charge on any atom is 0.416 e. The Morgan fingerprint density at radius 3 is 2.95 bits per heavy atom. The van der Waals surface area contributed by atoms with Gasteiger partial charge in [-0.3, -0.25) is 4.79 Å². The Labute approximate surface area is 131 Å². The van der Waals surface area contributed by atoms with Gasteiger partial charge in [0.2, 0.25) is 11.8 Å². The monoisotopic (exact) mass is 336 g/mol. The lowest BCUT2D eigenvalue weighted by atomic mass is 10.2. The summed E-state index contributed by atoms with van der Waals surface area (Å²) in [6.07, 6.45) is -2.15. The molecule has 2 rings (SSSR count). The number of carbonyl (C=O) groups is 1. The van der Waals surface area contributed by atoms with Crippen LogP contribution >= 0.6 is 11.6 Å². The number of carbonyl (C=O) groups excluding carboxylic acids is 1. The van der Waals surface area contributed by atoms with Gasteiger partial charge in [0, 0.05) is 37.5 Å². The van der Waals surface area contributed by atoms with Crippen LogP contribution in [0.1, 0.15) is 24.8 Å². The van der Waals surface area contributed by atoms with Crippen LogP contribution in [0.25, 0.3) is 0 Å². The van der Waals surface area contributed by atoms with Crippen molar-refractivity contribution < 1.29 is 22.7 Å². The third-order valence-corrected chi connectivity index (χ3v) is 3.64. The predicted molar refractivity (Wildman–Crippen MR) is 74.8 cm³/mol. The largest absolute Gasteiger partial charge is 0.472 e. The third kappa shape index (κ3) is 4.50. The molecular weight excluding hydrogens is 321 g/mol. The highest BCUT2D eigenvalue weighted by Crippen LogP contribution is 2.31. The van der Waals surface area contributed by atoms with Crippen LogP contribution in [0.15, 0.2) is 18.3 Å². The molecule has 1 aliphatic rings. The van der Waals surface area contributed by atoms with E-state index in [9.17, 15) is 18.0 Å². The number of hydrogen-bond donors (Lipinski definition) is 0. The summed E-state index contributed by atoms with van der Waals surface area (Å²) in [5.41, 5.74) is -0.800. The minimum atomic E-state index is -4.43. The summed E-state index contributed by atoms with van der Waals surface area (Å²) >= 11 is 5.54. The molecule has 1 saturated heterocycles. The van der Waals surface area contributed by atoms with Crippen molar-refractivity contribution in [1.29, 1.82) is 0 Å². The maximum absolute atomic E-state index is 12.6. The average molecular weight is 337 g/mol. The van der Waals surface area contributed by atoms with Gasteiger partial charge in [-0.1, -0.05) is 0 Å². The van der Waals surface area contributed by atoms with Crippen molar-refractivity contribution in [2.24, 2.45) is 0 Å². The minimum absolute atomic E-state index is 0.0104. The highest BCUT2D eigenvalue weighted by Gasteiger charge is 2.32. The van der Waals surface area contributed by atoms with Gasteiger partial charge >= 0.3 is 6.18 Å². The molecule has 1 aromatic heterocycles. The van der Waals surface area contributed by atoms with E-state index in [1.807, 2.05) is 0 Å². The van der Waals surface area contributed by atoms with Crippen LogP contribution in [0.2, 0.25) is 0 Å². The van der Waals surface area contributed by atoms with E-state index in [4.69, 9.17) is 16.3 Å². The minimum Gasteiger partial charge on any atom is -0.472 e. The third-order valence-electron chi connectivity index (χ3n) is 3.37. The summed E-state index contributed by atoms with van der Waals surface area (Å²) in [6, 6.07) is 1.77. The molecule has 0 saturated carbocycles. The summed E-state index contributed by atoms with van der Waals surface area (Å²) in [6.45, 7) is 0.893. The van der Waals surface area contributed by atoms with E-state index < -0.39 is 11.7 Å². The van der Waals surface area contributed by atoms with Crippen molar-refractivity contribution in [2.75, 3.05) is 19.0 Å². The highest BCUT2D eigenvalue weighted by molar-refractivity contribution is 6.17. The molecule has 0 bridgehead atoms. The number of ether oxygens (including phenoxy) is 1. The number of halogens is 4. The Morgan fingerprint density at radius 1 is 1.50 bits per heavy atom. The van der Waals surface area contributed by atoms with Gasteiger partial charge in [-0.25, -0.2) is 4.98 Å². The van der Waals surface area contributed by atoms with Crippen LogP contribution in [-0.4, -0.2) is 40.9 Å². The van der Waals surface area contributed by atoms with Crippen LogP contribution < -0.4 is 4.74 Å². The number of hydrogen-bond acceptors (Lipinski definition) is 3. The fourth-order valence-corrected chi connectivity index (χ4v) is 2.38. The molecular formula is C14H16ClF3N2O2. The van der Waals surface area contributed by atoms with E-state index in [0.717, 1.165) is 18.3 Å². The summed E-state index contributed by atoms with van der Waals surface area (Å²) in [5, 5.41) is 0. The van der Waals surface area contributed by atoms with Gasteiger partial charge in [0.25, 0.3) is 0 Å². The molecule has 0 aliphatic carbocycles. The lowest BCUT2D eigenvalue weighted by Crippen LogP contribution is -2.30. The molecule has 1 fully saturated rings. The van der Waals surface area contributed by atoms with Gasteiger partial charge in [0.05, 0.1) is 12.1 Å². The van der Waals surface area contributed by atoms with Crippen LogP contribution in [0, 0.1) is 0 Å². The predicted octanol–water partition coefficient (Wildman–Crippen LogP) is 3.10. The molecule has 8 heteroatoms. The summed E-state index contributed by atoms with van der Waals surface area (Å²) in [4.78, 5) is 17.3. The van der Waals surface area contributed by atoms with Gasteiger partial charge in [0.1, 0.15) is 6.10 Å². The zero-order valence-electron chi connectivity index (χ0n) is 11.8. The van der Waals surface area contributed by atoms with Gasteiger partial charge in [-0.15, -0.1) is 11.6 Å². The summed E-state index contributed by atoms with van der Waals surface area (Å²) in [7, 11) is 0. The average Bonchev–Trinajstić information content (AvgIpc) is 2.92. The standard InChI is InChI=1S/C14H16ClF3N2O2/c15-5-1-2-13(21)20-7-4-11(9-20)22-12-8-10(3-6-19-12)14(16,17)18/h3,6,8,11H,1-2,4-5,7,9H2. The van der Waals surface area contributed by atoms with Crippen LogP contribution in [-0.2, 0) is 11.0 Å². The van der Waals surface area contributed by atoms with Crippen LogP contribution in [0.5, 0.6) is 5.88 Å². The van der Waals surface area contributed by atoms with Crippen molar-refractivity contribution in [3.05, 3.63) is 23.9 Å². The molecule has 1 unspecified atom stereocenters. The Bertz CT molecular complexity index is 525. The topological polar surface area (TPSA) is 42.4 Å². The van der Waals surface area contributed by atoms with Crippen LogP contribution in [0.4, 0.5) is 13.2 Å². The number of pyridine rings is 1. The van der Waals surface area contributed by atoms with E-state index in [1.165, 1.54) is 0 Å².